The number of rotatable bonds is 6. The summed E-state index contributed by atoms with van der Waals surface area (Å²) in [5.41, 5.74) is 4.00. The second-order valence-corrected chi connectivity index (χ2v) is 5.60. The summed E-state index contributed by atoms with van der Waals surface area (Å²) in [4.78, 5) is 4.98. The van der Waals surface area contributed by atoms with Crippen molar-refractivity contribution in [3.63, 3.8) is 0 Å². The van der Waals surface area contributed by atoms with Crippen molar-refractivity contribution in [2.45, 2.75) is 18.2 Å². The minimum absolute atomic E-state index is 0.782. The zero-order valence-corrected chi connectivity index (χ0v) is 13.4. The molecule has 0 atom stereocenters. The van der Waals surface area contributed by atoms with Gasteiger partial charge in [0.1, 0.15) is 0 Å². The first-order valence-electron chi connectivity index (χ1n) is 7.18. The Balaban J connectivity index is 2.00. The molecule has 0 aliphatic carbocycles. The van der Waals surface area contributed by atoms with Crippen molar-refractivity contribution in [3.8, 4) is 22.5 Å². The zero-order valence-electron chi connectivity index (χ0n) is 12.6. The smallest absolute Gasteiger partial charge is 0.174 e. The quantitative estimate of drug-likeness (QED) is 0.411. The minimum Gasteiger partial charge on any atom is -0.355 e. The van der Waals surface area contributed by atoms with Crippen LogP contribution in [0, 0.1) is 0 Å². The van der Waals surface area contributed by atoms with Gasteiger partial charge in [-0.25, -0.2) is 0 Å². The number of hydrogen-bond donors (Lipinski definition) is 1. The van der Waals surface area contributed by atoms with E-state index < -0.39 is 0 Å². The lowest BCUT2D eigenvalue weighted by molar-refractivity contribution is -0.195. The van der Waals surface area contributed by atoms with Gasteiger partial charge in [0.15, 0.2) is 5.76 Å². The normalized spacial score (nSPS) is 10.9. The van der Waals surface area contributed by atoms with Crippen molar-refractivity contribution in [3.05, 3.63) is 60.3 Å². The molecule has 118 valence electrons. The largest absolute Gasteiger partial charge is 0.355 e. The summed E-state index contributed by atoms with van der Waals surface area (Å²) in [5.74, 6) is 5.62. The molecule has 0 fully saturated rings. The summed E-state index contributed by atoms with van der Waals surface area (Å²) in [7, 11) is 0. The Morgan fingerprint density at radius 2 is 1.78 bits per heavy atom. The summed E-state index contributed by atoms with van der Waals surface area (Å²) in [6.45, 7) is 2.06. The Morgan fingerprint density at radius 3 is 2.43 bits per heavy atom. The van der Waals surface area contributed by atoms with E-state index in [0.29, 0.717) is 0 Å². The molecular weight excluding hydrogens is 312 g/mol. The molecule has 1 aromatic heterocycles. The molecule has 0 spiro atoms. The van der Waals surface area contributed by atoms with E-state index in [9.17, 15) is 0 Å². The maximum atomic E-state index is 5.61. The molecule has 0 amide bonds. The molecule has 1 heterocycles. The monoisotopic (exact) mass is 328 g/mol. The highest BCUT2D eigenvalue weighted by Crippen LogP contribution is 2.36. The van der Waals surface area contributed by atoms with E-state index in [-0.39, 0.29) is 0 Å². The van der Waals surface area contributed by atoms with Crippen LogP contribution >= 0.6 is 12.0 Å². The molecule has 5 nitrogen and oxygen atoms in total. The number of nitrogens with zero attached hydrogens (tertiary/aromatic N) is 1. The van der Waals surface area contributed by atoms with E-state index >= 15 is 0 Å². The van der Waals surface area contributed by atoms with E-state index in [0.717, 1.165) is 51.5 Å². The molecule has 0 aliphatic heterocycles. The zero-order chi connectivity index (χ0) is 16.1. The van der Waals surface area contributed by atoms with E-state index in [4.69, 9.17) is 10.4 Å². The molecule has 3 rings (SSSR count). The first-order chi connectivity index (χ1) is 11.3. The van der Waals surface area contributed by atoms with Crippen LogP contribution in [0.5, 0.6) is 0 Å². The predicted molar refractivity (Wildman–Crippen MR) is 89.0 cm³/mol. The number of nitrogens with two attached hydrogens (primary N) is 1. The Morgan fingerprint density at radius 1 is 1.04 bits per heavy atom. The maximum absolute atomic E-state index is 5.61. The molecule has 0 unspecified atom stereocenters. The van der Waals surface area contributed by atoms with E-state index in [1.54, 1.807) is 0 Å². The Labute approximate surface area is 138 Å². The summed E-state index contributed by atoms with van der Waals surface area (Å²) in [5, 5.41) is 4.22. The second-order valence-electron chi connectivity index (χ2n) is 4.82. The third-order valence-corrected chi connectivity index (χ3v) is 4.06. The molecule has 6 heteroatoms. The highest BCUT2D eigenvalue weighted by Gasteiger charge is 2.18. The Hall–Kier alpha value is -2.12. The molecule has 0 bridgehead atoms. The standard InChI is InChI=1S/C17H16N2O3S/c1-2-15-16(12-8-10-14(11-9-12)23-22-21-18)17(20-19-15)13-6-4-3-5-7-13/h3-11H,2,18H2,1H3. The van der Waals surface area contributed by atoms with Gasteiger partial charge in [0.25, 0.3) is 0 Å². The first kappa shape index (κ1) is 15.8. The van der Waals surface area contributed by atoms with Crippen LogP contribution < -0.4 is 5.90 Å². The van der Waals surface area contributed by atoms with Crippen LogP contribution in [-0.4, -0.2) is 5.16 Å². The highest BCUT2D eigenvalue weighted by molar-refractivity contribution is 7.94. The third-order valence-electron chi connectivity index (χ3n) is 3.45. The van der Waals surface area contributed by atoms with Gasteiger partial charge < -0.3 is 4.52 Å². The van der Waals surface area contributed by atoms with Gasteiger partial charge in [0.2, 0.25) is 0 Å². The summed E-state index contributed by atoms with van der Waals surface area (Å²) in [6, 6.07) is 17.8. The van der Waals surface area contributed by atoms with Gasteiger partial charge in [0.05, 0.1) is 23.3 Å². The average molecular weight is 328 g/mol. The lowest BCUT2D eigenvalue weighted by Crippen LogP contribution is -1.93. The summed E-state index contributed by atoms with van der Waals surface area (Å²) >= 11 is 1.05. The van der Waals surface area contributed by atoms with Gasteiger partial charge in [-0.3, -0.25) is 0 Å². The number of benzene rings is 2. The topological polar surface area (TPSA) is 70.5 Å². The number of hydrogen-bond acceptors (Lipinski definition) is 6. The van der Waals surface area contributed by atoms with Crippen LogP contribution in [0.2, 0.25) is 0 Å². The predicted octanol–water partition coefficient (Wildman–Crippen LogP) is 4.40. The van der Waals surface area contributed by atoms with Crippen LogP contribution in [-0.2, 0) is 15.7 Å². The molecule has 3 aromatic rings. The lowest BCUT2D eigenvalue weighted by atomic mass is 9.99. The van der Waals surface area contributed by atoms with Gasteiger partial charge in [-0.05, 0) is 24.1 Å². The van der Waals surface area contributed by atoms with Crippen molar-refractivity contribution >= 4 is 12.0 Å². The minimum atomic E-state index is 0.782. The van der Waals surface area contributed by atoms with E-state index in [1.807, 2.05) is 54.6 Å². The van der Waals surface area contributed by atoms with Gasteiger partial charge in [-0.1, -0.05) is 54.5 Å². The van der Waals surface area contributed by atoms with Crippen molar-refractivity contribution < 1.29 is 13.8 Å². The Bertz CT molecular complexity index is 757. The third kappa shape index (κ3) is 3.46. The van der Waals surface area contributed by atoms with Crippen molar-refractivity contribution in [1.29, 1.82) is 0 Å². The summed E-state index contributed by atoms with van der Waals surface area (Å²) < 4.78 is 10.3. The molecular formula is C17H16N2O3S. The number of aromatic nitrogens is 1. The average Bonchev–Trinajstić information content (AvgIpc) is 3.05. The fraction of sp³-hybridized carbons (Fsp3) is 0.118. The lowest BCUT2D eigenvalue weighted by Gasteiger charge is -2.05. The van der Waals surface area contributed by atoms with Gasteiger partial charge in [-0.2, -0.15) is 5.90 Å². The van der Waals surface area contributed by atoms with Crippen LogP contribution in [0.15, 0.2) is 64.0 Å². The molecule has 0 saturated carbocycles. The maximum Gasteiger partial charge on any atom is 0.174 e. The van der Waals surface area contributed by atoms with Crippen molar-refractivity contribution in [1.82, 2.24) is 5.16 Å². The highest BCUT2D eigenvalue weighted by atomic mass is 32.2. The SMILES string of the molecule is CCc1noc(-c2ccccc2)c1-c1ccc(SOON)cc1. The Kier molecular flexibility index (Phi) is 5.09. The molecule has 2 aromatic carbocycles. The van der Waals surface area contributed by atoms with Gasteiger partial charge in [-0.15, -0.1) is 9.32 Å². The van der Waals surface area contributed by atoms with Crippen LogP contribution in [0.1, 0.15) is 12.6 Å². The number of aryl methyl sites for hydroxylation is 1. The fourth-order valence-corrected chi connectivity index (χ4v) is 2.75. The molecule has 0 saturated heterocycles. The first-order valence-corrected chi connectivity index (χ1v) is 7.92. The second kappa shape index (κ2) is 7.43. The van der Waals surface area contributed by atoms with Crippen LogP contribution in [0.25, 0.3) is 22.5 Å². The molecule has 0 aliphatic rings. The molecule has 23 heavy (non-hydrogen) atoms. The fourth-order valence-electron chi connectivity index (χ4n) is 2.38. The van der Waals surface area contributed by atoms with E-state index in [2.05, 4.69) is 21.4 Å². The molecule has 0 radical (unpaired) electrons. The van der Waals surface area contributed by atoms with Crippen LogP contribution in [0.3, 0.4) is 0 Å². The van der Waals surface area contributed by atoms with Crippen LogP contribution in [0.4, 0.5) is 0 Å². The van der Waals surface area contributed by atoms with Gasteiger partial charge in [0, 0.05) is 10.5 Å². The summed E-state index contributed by atoms with van der Waals surface area (Å²) in [6.07, 6.45) is 0.798. The van der Waals surface area contributed by atoms with E-state index in [1.165, 1.54) is 0 Å². The van der Waals surface area contributed by atoms with Crippen molar-refractivity contribution in [2.75, 3.05) is 0 Å². The molecule has 2 N–H and O–H groups in total. The van der Waals surface area contributed by atoms with Crippen molar-refractivity contribution in [2.24, 2.45) is 5.90 Å². The van der Waals surface area contributed by atoms with Gasteiger partial charge >= 0.3 is 0 Å².